The number of rotatable bonds is 5. The number of carbonyl (C=O) groups is 1. The SMILES string of the molecule is Cc1ccccc1C(=O)c1ccc(OCC2CO2)cc1Br. The highest BCUT2D eigenvalue weighted by Crippen LogP contribution is 2.26. The average Bonchev–Trinajstić information content (AvgIpc) is 3.29. The fraction of sp³-hybridized carbons (Fsp3) is 0.235. The fourth-order valence-corrected chi connectivity index (χ4v) is 2.63. The first kappa shape index (κ1) is 14.3. The summed E-state index contributed by atoms with van der Waals surface area (Å²) in [7, 11) is 0. The Hall–Kier alpha value is -1.65. The smallest absolute Gasteiger partial charge is 0.194 e. The van der Waals surface area contributed by atoms with Gasteiger partial charge in [-0.05, 0) is 46.6 Å². The fourth-order valence-electron chi connectivity index (χ4n) is 2.10. The van der Waals surface area contributed by atoms with Crippen LogP contribution in [0.4, 0.5) is 0 Å². The molecule has 21 heavy (non-hydrogen) atoms. The van der Waals surface area contributed by atoms with Crippen molar-refractivity contribution in [2.45, 2.75) is 13.0 Å². The van der Waals surface area contributed by atoms with Crippen molar-refractivity contribution < 1.29 is 14.3 Å². The third kappa shape index (κ3) is 3.34. The molecular weight excluding hydrogens is 332 g/mol. The first-order valence-corrected chi connectivity index (χ1v) is 7.59. The molecule has 0 amide bonds. The van der Waals surface area contributed by atoms with Gasteiger partial charge in [0.05, 0.1) is 6.61 Å². The predicted molar refractivity (Wildman–Crippen MR) is 84.0 cm³/mol. The largest absolute Gasteiger partial charge is 0.491 e. The molecule has 0 aromatic heterocycles. The van der Waals surface area contributed by atoms with Gasteiger partial charge < -0.3 is 9.47 Å². The van der Waals surface area contributed by atoms with Crippen molar-refractivity contribution in [3.8, 4) is 5.75 Å². The standard InChI is InChI=1S/C17H15BrO3/c1-11-4-2-3-5-14(11)17(19)15-7-6-12(8-16(15)18)20-9-13-10-21-13/h2-8,13H,9-10H2,1H3. The van der Waals surface area contributed by atoms with E-state index >= 15 is 0 Å². The van der Waals surface area contributed by atoms with Crippen molar-refractivity contribution in [3.05, 3.63) is 63.6 Å². The average molecular weight is 347 g/mol. The van der Waals surface area contributed by atoms with Gasteiger partial charge >= 0.3 is 0 Å². The van der Waals surface area contributed by atoms with Crippen molar-refractivity contribution >= 4 is 21.7 Å². The molecule has 1 saturated heterocycles. The quantitative estimate of drug-likeness (QED) is 0.611. The summed E-state index contributed by atoms with van der Waals surface area (Å²) in [5.41, 5.74) is 2.33. The first-order chi connectivity index (χ1) is 10.1. The van der Waals surface area contributed by atoms with E-state index < -0.39 is 0 Å². The molecule has 108 valence electrons. The maximum atomic E-state index is 12.6. The molecule has 1 unspecified atom stereocenters. The van der Waals surface area contributed by atoms with Crippen LogP contribution in [0.15, 0.2) is 46.9 Å². The minimum absolute atomic E-state index is 0.0112. The molecule has 4 heteroatoms. The molecule has 0 aliphatic carbocycles. The Morgan fingerprint density at radius 1 is 1.29 bits per heavy atom. The molecule has 3 nitrogen and oxygen atoms in total. The number of epoxide rings is 1. The lowest BCUT2D eigenvalue weighted by atomic mass is 9.99. The molecule has 1 aliphatic heterocycles. The lowest BCUT2D eigenvalue weighted by Gasteiger charge is -2.09. The Morgan fingerprint density at radius 2 is 2.05 bits per heavy atom. The van der Waals surface area contributed by atoms with Gasteiger partial charge in [-0.2, -0.15) is 0 Å². The zero-order valence-corrected chi connectivity index (χ0v) is 13.2. The molecule has 1 aliphatic rings. The number of aryl methyl sites for hydroxylation is 1. The number of carbonyl (C=O) groups excluding carboxylic acids is 1. The Morgan fingerprint density at radius 3 is 2.71 bits per heavy atom. The summed E-state index contributed by atoms with van der Waals surface area (Å²) in [5, 5.41) is 0. The number of halogens is 1. The second kappa shape index (κ2) is 6.00. The summed E-state index contributed by atoms with van der Waals surface area (Å²) >= 11 is 3.46. The lowest BCUT2D eigenvalue weighted by Crippen LogP contribution is -2.06. The second-order valence-corrected chi connectivity index (χ2v) is 5.91. The van der Waals surface area contributed by atoms with Crippen molar-refractivity contribution in [3.63, 3.8) is 0 Å². The molecule has 0 spiro atoms. The zero-order valence-electron chi connectivity index (χ0n) is 11.6. The molecule has 1 atom stereocenters. The van der Waals surface area contributed by atoms with Gasteiger partial charge in [-0.15, -0.1) is 0 Å². The van der Waals surface area contributed by atoms with Crippen LogP contribution in [0, 0.1) is 6.92 Å². The molecule has 1 heterocycles. The minimum atomic E-state index is 0.0112. The topological polar surface area (TPSA) is 38.8 Å². The van der Waals surface area contributed by atoms with E-state index in [-0.39, 0.29) is 11.9 Å². The van der Waals surface area contributed by atoms with Crippen LogP contribution >= 0.6 is 15.9 Å². The van der Waals surface area contributed by atoms with E-state index in [1.807, 2.05) is 43.3 Å². The van der Waals surface area contributed by atoms with E-state index in [0.717, 1.165) is 28.0 Å². The van der Waals surface area contributed by atoms with Crippen molar-refractivity contribution in [1.29, 1.82) is 0 Å². The molecule has 3 rings (SSSR count). The molecule has 0 saturated carbocycles. The van der Waals surface area contributed by atoms with Gasteiger partial charge in [0.15, 0.2) is 5.78 Å². The van der Waals surface area contributed by atoms with Crippen molar-refractivity contribution in [2.75, 3.05) is 13.2 Å². The van der Waals surface area contributed by atoms with E-state index in [1.54, 1.807) is 6.07 Å². The number of hydrogen-bond donors (Lipinski definition) is 0. The van der Waals surface area contributed by atoms with E-state index in [2.05, 4.69) is 15.9 Å². The van der Waals surface area contributed by atoms with E-state index in [1.165, 1.54) is 0 Å². The molecule has 0 bridgehead atoms. The van der Waals surface area contributed by atoms with Crippen LogP contribution in [-0.2, 0) is 4.74 Å². The normalized spacial score (nSPS) is 16.6. The van der Waals surface area contributed by atoms with Crippen molar-refractivity contribution in [2.24, 2.45) is 0 Å². The summed E-state index contributed by atoms with van der Waals surface area (Å²) in [6.07, 6.45) is 0.219. The van der Waals surface area contributed by atoms with Gasteiger partial charge in [-0.25, -0.2) is 0 Å². The summed E-state index contributed by atoms with van der Waals surface area (Å²) in [6, 6.07) is 13.0. The second-order valence-electron chi connectivity index (χ2n) is 5.05. The molecule has 0 radical (unpaired) electrons. The summed E-state index contributed by atoms with van der Waals surface area (Å²) in [4.78, 5) is 12.6. The highest BCUT2D eigenvalue weighted by Gasteiger charge is 2.23. The van der Waals surface area contributed by atoms with Crippen LogP contribution in [-0.4, -0.2) is 25.1 Å². The Kier molecular flexibility index (Phi) is 4.08. The highest BCUT2D eigenvalue weighted by atomic mass is 79.9. The predicted octanol–water partition coefficient (Wildman–Crippen LogP) is 3.77. The van der Waals surface area contributed by atoms with E-state index in [0.29, 0.717) is 12.2 Å². The monoisotopic (exact) mass is 346 g/mol. The molecule has 0 N–H and O–H groups in total. The lowest BCUT2D eigenvalue weighted by molar-refractivity contribution is 0.103. The van der Waals surface area contributed by atoms with Crippen LogP contribution in [0.2, 0.25) is 0 Å². The Labute approximate surface area is 132 Å². The van der Waals surface area contributed by atoms with Crippen LogP contribution in [0.5, 0.6) is 5.75 Å². The van der Waals surface area contributed by atoms with Crippen LogP contribution in [0.3, 0.4) is 0 Å². The van der Waals surface area contributed by atoms with Crippen LogP contribution < -0.4 is 4.74 Å². The Balaban J connectivity index is 1.81. The third-order valence-corrected chi connectivity index (χ3v) is 4.07. The molecular formula is C17H15BrO3. The molecule has 1 fully saturated rings. The van der Waals surface area contributed by atoms with E-state index in [4.69, 9.17) is 9.47 Å². The van der Waals surface area contributed by atoms with Gasteiger partial charge in [-0.3, -0.25) is 4.79 Å². The van der Waals surface area contributed by atoms with Gasteiger partial charge in [0.2, 0.25) is 0 Å². The van der Waals surface area contributed by atoms with Crippen molar-refractivity contribution in [1.82, 2.24) is 0 Å². The molecule has 2 aromatic carbocycles. The summed E-state index contributed by atoms with van der Waals surface area (Å²) < 4.78 is 11.5. The maximum absolute atomic E-state index is 12.6. The van der Waals surface area contributed by atoms with Crippen LogP contribution in [0.1, 0.15) is 21.5 Å². The molecule has 2 aromatic rings. The summed E-state index contributed by atoms with van der Waals surface area (Å²) in [5.74, 6) is 0.746. The number of benzene rings is 2. The third-order valence-electron chi connectivity index (χ3n) is 3.41. The van der Waals surface area contributed by atoms with Gasteiger partial charge in [0, 0.05) is 15.6 Å². The zero-order chi connectivity index (χ0) is 14.8. The number of ketones is 1. The van der Waals surface area contributed by atoms with Gasteiger partial charge in [0.1, 0.15) is 18.5 Å². The van der Waals surface area contributed by atoms with Gasteiger partial charge in [0.25, 0.3) is 0 Å². The van der Waals surface area contributed by atoms with Gasteiger partial charge in [-0.1, -0.05) is 24.3 Å². The van der Waals surface area contributed by atoms with Crippen LogP contribution in [0.25, 0.3) is 0 Å². The first-order valence-electron chi connectivity index (χ1n) is 6.79. The summed E-state index contributed by atoms with van der Waals surface area (Å²) in [6.45, 7) is 3.26. The Bertz CT molecular complexity index is 677. The minimum Gasteiger partial charge on any atom is -0.491 e. The number of hydrogen-bond acceptors (Lipinski definition) is 3. The number of ether oxygens (including phenoxy) is 2. The maximum Gasteiger partial charge on any atom is 0.194 e. The highest BCUT2D eigenvalue weighted by molar-refractivity contribution is 9.10. The van der Waals surface area contributed by atoms with E-state index in [9.17, 15) is 4.79 Å².